The molecule has 0 bridgehead atoms. The number of carboxylic acids is 1. The lowest BCUT2D eigenvalue weighted by Gasteiger charge is -2.24. The van der Waals surface area contributed by atoms with Crippen LogP contribution in [0.15, 0.2) is 6.20 Å². The first kappa shape index (κ1) is 37.6. The first-order valence-corrected chi connectivity index (χ1v) is 14.9. The number of Topliss-reactive ketones (excluding diaryl/α,β-unsaturated/α-hetero) is 1. The number of carbonyl (C=O) groups excluding carboxylic acids is 4. The molecule has 5 atom stereocenters. The Morgan fingerprint density at radius 2 is 1.60 bits per heavy atom. The van der Waals surface area contributed by atoms with E-state index in [2.05, 4.69) is 31.6 Å². The van der Waals surface area contributed by atoms with E-state index in [0.29, 0.717) is 44.5 Å². The standard InChI is InChI=1S/C28H50N8O7/c1-7-30-22(14-23(38)39)28(43)32-20(25(40)16(2)3)12-11-19-15-36(35-34-19)13-9-8-10-21(31-17(4)5)27(42)33-24(18(6)37)26(29)41/h15-18,20-22,24,30-31,37H,7-14H2,1-6H3,(H2,29,41)(H,32,43)(H,33,42)(H,38,39)/t18-,20+,21+,22+,24+/m1/s1. The number of amides is 3. The largest absolute Gasteiger partial charge is 0.481 e. The number of nitrogens with zero attached hydrogens (tertiary/aromatic N) is 3. The quantitative estimate of drug-likeness (QED) is 0.0808. The van der Waals surface area contributed by atoms with Gasteiger partial charge < -0.3 is 37.2 Å². The maximum Gasteiger partial charge on any atom is 0.305 e. The Morgan fingerprint density at radius 3 is 2.14 bits per heavy atom. The van der Waals surface area contributed by atoms with Crippen LogP contribution >= 0.6 is 0 Å². The first-order chi connectivity index (χ1) is 20.2. The highest BCUT2D eigenvalue weighted by molar-refractivity contribution is 5.93. The molecule has 0 aliphatic rings. The van der Waals surface area contributed by atoms with Crippen molar-refractivity contribution in [2.45, 2.75) is 123 Å². The van der Waals surface area contributed by atoms with Crippen LogP contribution in [0.2, 0.25) is 0 Å². The van der Waals surface area contributed by atoms with Gasteiger partial charge in [-0.3, -0.25) is 28.7 Å². The summed E-state index contributed by atoms with van der Waals surface area (Å²) in [4.78, 5) is 61.1. The van der Waals surface area contributed by atoms with Gasteiger partial charge in [0.2, 0.25) is 17.7 Å². The van der Waals surface area contributed by atoms with Crippen molar-refractivity contribution in [2.75, 3.05) is 6.54 Å². The summed E-state index contributed by atoms with van der Waals surface area (Å²) in [6, 6.07) is -3.50. The number of carbonyl (C=O) groups is 5. The van der Waals surface area contributed by atoms with Crippen molar-refractivity contribution >= 4 is 29.5 Å². The predicted molar refractivity (Wildman–Crippen MR) is 159 cm³/mol. The monoisotopic (exact) mass is 610 g/mol. The van der Waals surface area contributed by atoms with E-state index >= 15 is 0 Å². The average molecular weight is 611 g/mol. The molecule has 0 saturated heterocycles. The van der Waals surface area contributed by atoms with Crippen molar-refractivity contribution in [2.24, 2.45) is 11.7 Å². The molecule has 0 saturated carbocycles. The molecule has 1 heterocycles. The fraction of sp³-hybridized carbons (Fsp3) is 0.750. The number of unbranched alkanes of at least 4 members (excludes halogenated alkanes) is 1. The van der Waals surface area contributed by atoms with Crippen LogP contribution < -0.4 is 27.0 Å². The highest BCUT2D eigenvalue weighted by Gasteiger charge is 2.29. The van der Waals surface area contributed by atoms with Crippen molar-refractivity contribution in [3.05, 3.63) is 11.9 Å². The zero-order valence-electron chi connectivity index (χ0n) is 26.1. The summed E-state index contributed by atoms with van der Waals surface area (Å²) in [7, 11) is 0. The lowest BCUT2D eigenvalue weighted by Crippen LogP contribution is -2.56. The number of rotatable bonds is 22. The maximum atomic E-state index is 12.8. The van der Waals surface area contributed by atoms with E-state index in [1.165, 1.54) is 6.92 Å². The Kier molecular flexibility index (Phi) is 16.6. The van der Waals surface area contributed by atoms with Crippen LogP contribution in [-0.2, 0) is 36.9 Å². The number of aliphatic hydroxyl groups excluding tert-OH is 1. The molecule has 0 fully saturated rings. The highest BCUT2D eigenvalue weighted by atomic mass is 16.4. The fourth-order valence-electron chi connectivity index (χ4n) is 4.49. The summed E-state index contributed by atoms with van der Waals surface area (Å²) >= 11 is 0. The van der Waals surface area contributed by atoms with E-state index in [9.17, 15) is 29.1 Å². The number of nitrogens with one attached hydrogen (secondary N) is 4. The molecule has 8 N–H and O–H groups in total. The molecule has 15 heteroatoms. The van der Waals surface area contributed by atoms with Gasteiger partial charge in [0.05, 0.1) is 36.3 Å². The second kappa shape index (κ2) is 19.0. The molecule has 0 radical (unpaired) electrons. The normalized spacial score (nSPS) is 15.0. The summed E-state index contributed by atoms with van der Waals surface area (Å²) in [6.45, 7) is 11.4. The van der Waals surface area contributed by atoms with Crippen molar-refractivity contribution in [3.63, 3.8) is 0 Å². The smallest absolute Gasteiger partial charge is 0.305 e. The number of aliphatic carboxylic acids is 1. The summed E-state index contributed by atoms with van der Waals surface area (Å²) in [6.07, 6.45) is 2.72. The minimum absolute atomic E-state index is 0.00866. The van der Waals surface area contributed by atoms with Gasteiger partial charge in [0, 0.05) is 24.7 Å². The molecule has 0 aliphatic heterocycles. The molecule has 43 heavy (non-hydrogen) atoms. The number of nitrogens with two attached hydrogens (primary N) is 1. The van der Waals surface area contributed by atoms with E-state index in [0.717, 1.165) is 0 Å². The lowest BCUT2D eigenvalue weighted by atomic mass is 9.96. The molecule has 0 aliphatic carbocycles. The number of hydrogen-bond donors (Lipinski definition) is 7. The van der Waals surface area contributed by atoms with Gasteiger partial charge in [-0.2, -0.15) is 0 Å². The van der Waals surface area contributed by atoms with Gasteiger partial charge >= 0.3 is 5.97 Å². The SMILES string of the molecule is CCN[C@@H](CC(=O)O)C(=O)N[C@@H](CCc1cn(CCCC[C@H](NC(C)C)C(=O)N[C@H](C(N)=O)[C@@H](C)O)nn1)C(=O)C(C)C. The van der Waals surface area contributed by atoms with Crippen molar-refractivity contribution in [1.29, 1.82) is 0 Å². The molecule has 1 rings (SSSR count). The van der Waals surface area contributed by atoms with Crippen molar-refractivity contribution in [3.8, 4) is 0 Å². The zero-order valence-corrected chi connectivity index (χ0v) is 26.1. The lowest BCUT2D eigenvalue weighted by molar-refractivity contribution is -0.140. The number of aryl methyl sites for hydroxylation is 2. The van der Waals surface area contributed by atoms with E-state index in [4.69, 9.17) is 10.8 Å². The molecule has 0 spiro atoms. The molecule has 3 amide bonds. The molecule has 15 nitrogen and oxygen atoms in total. The second-order valence-electron chi connectivity index (χ2n) is 11.3. The van der Waals surface area contributed by atoms with Gasteiger partial charge in [-0.25, -0.2) is 0 Å². The Bertz CT molecular complexity index is 1060. The van der Waals surface area contributed by atoms with Gasteiger partial charge in [-0.15, -0.1) is 5.10 Å². The van der Waals surface area contributed by atoms with Crippen LogP contribution in [0.5, 0.6) is 0 Å². The van der Waals surface area contributed by atoms with Crippen LogP contribution in [0.4, 0.5) is 0 Å². The van der Waals surface area contributed by atoms with Crippen LogP contribution in [0.1, 0.15) is 79.3 Å². The molecule has 0 unspecified atom stereocenters. The van der Waals surface area contributed by atoms with E-state index in [1.54, 1.807) is 31.6 Å². The number of hydrogen-bond acceptors (Lipinski definition) is 10. The Morgan fingerprint density at radius 1 is 0.953 bits per heavy atom. The van der Waals surface area contributed by atoms with E-state index < -0.39 is 60.4 Å². The summed E-state index contributed by atoms with van der Waals surface area (Å²) < 4.78 is 1.67. The fourth-order valence-corrected chi connectivity index (χ4v) is 4.49. The van der Waals surface area contributed by atoms with Crippen LogP contribution in [0.3, 0.4) is 0 Å². The van der Waals surface area contributed by atoms with E-state index in [-0.39, 0.29) is 24.2 Å². The number of ketones is 1. The first-order valence-electron chi connectivity index (χ1n) is 14.9. The van der Waals surface area contributed by atoms with Gasteiger partial charge in [0.1, 0.15) is 6.04 Å². The maximum absolute atomic E-state index is 12.8. The summed E-state index contributed by atoms with van der Waals surface area (Å²) in [5, 5.41) is 38.5. The number of likely N-dealkylation sites (N-methyl/N-ethyl adjacent to an activating group) is 1. The minimum atomic E-state index is -1.18. The van der Waals surface area contributed by atoms with Gasteiger partial charge in [-0.1, -0.05) is 39.8 Å². The van der Waals surface area contributed by atoms with Gasteiger partial charge in [0.15, 0.2) is 5.78 Å². The second-order valence-corrected chi connectivity index (χ2v) is 11.3. The van der Waals surface area contributed by atoms with Crippen molar-refractivity contribution in [1.82, 2.24) is 36.3 Å². The zero-order chi connectivity index (χ0) is 32.7. The Labute approximate surface area is 253 Å². The number of carboxylic acid groups (broad SMARTS) is 1. The van der Waals surface area contributed by atoms with Gasteiger partial charge in [0.25, 0.3) is 0 Å². The van der Waals surface area contributed by atoms with Crippen molar-refractivity contribution < 1.29 is 34.2 Å². The number of aromatic nitrogens is 3. The van der Waals surface area contributed by atoms with Crippen LogP contribution in [0, 0.1) is 5.92 Å². The number of primary amides is 1. The Hall–Kier alpha value is -3.43. The molecular formula is C28H50N8O7. The molecule has 0 aromatic carbocycles. The molecule has 244 valence electrons. The Balaban J connectivity index is 2.72. The predicted octanol–water partition coefficient (Wildman–Crippen LogP) is -0.739. The van der Waals surface area contributed by atoms with E-state index in [1.807, 2.05) is 13.8 Å². The third-order valence-corrected chi connectivity index (χ3v) is 6.72. The molecule has 1 aromatic rings. The summed E-state index contributed by atoms with van der Waals surface area (Å²) in [5.74, 6) is -3.38. The van der Waals surface area contributed by atoms with Crippen LogP contribution in [-0.4, -0.2) is 97.5 Å². The third-order valence-electron chi connectivity index (χ3n) is 6.72. The molecular weight excluding hydrogens is 560 g/mol. The third kappa shape index (κ3) is 14.1. The highest BCUT2D eigenvalue weighted by Crippen LogP contribution is 2.10. The van der Waals surface area contributed by atoms with Crippen LogP contribution in [0.25, 0.3) is 0 Å². The minimum Gasteiger partial charge on any atom is -0.481 e. The van der Waals surface area contributed by atoms with Gasteiger partial charge in [-0.05, 0) is 45.6 Å². The molecule has 1 aromatic heterocycles. The topological polar surface area (TPSA) is 231 Å². The summed E-state index contributed by atoms with van der Waals surface area (Å²) in [5.41, 5.74) is 5.93. The number of aliphatic hydroxyl groups is 1. The average Bonchev–Trinajstić information content (AvgIpc) is 3.37.